The molecule has 0 heterocycles. The second-order valence-electron chi connectivity index (χ2n) is 8.29. The molecule has 4 atom stereocenters. The van der Waals surface area contributed by atoms with Gasteiger partial charge in [-0.3, -0.25) is 4.79 Å². The van der Waals surface area contributed by atoms with Gasteiger partial charge in [-0.05, 0) is 44.9 Å². The van der Waals surface area contributed by atoms with Crippen molar-refractivity contribution in [3.05, 3.63) is 72.9 Å². The fraction of sp³-hybridized carbons (Fsp3) is 0.552. The second-order valence-corrected chi connectivity index (χ2v) is 8.29. The summed E-state index contributed by atoms with van der Waals surface area (Å²) in [5.74, 6) is -0.741. The molecule has 8 heteroatoms. The maximum absolute atomic E-state index is 10.3. The maximum Gasteiger partial charge on any atom is 0.303 e. The normalized spacial score (nSPS) is 15.8. The number of aliphatic carboxylic acids is 1. The summed E-state index contributed by atoms with van der Waals surface area (Å²) in [6, 6.07) is 0. The molecule has 0 aliphatic carbocycles. The van der Waals surface area contributed by atoms with Crippen LogP contribution in [-0.4, -0.2) is 81.2 Å². The molecule has 0 bridgehead atoms. The summed E-state index contributed by atoms with van der Waals surface area (Å²) in [6.07, 6.45) is 26.9. The highest BCUT2D eigenvalue weighted by molar-refractivity contribution is 5.66. The van der Waals surface area contributed by atoms with Crippen molar-refractivity contribution in [2.75, 3.05) is 20.2 Å². The molecular weight excluding hydrogens is 474 g/mol. The molecule has 0 saturated heterocycles. The molecule has 37 heavy (non-hydrogen) atoms. The standard InChI is InChI=1S/C22H32O2.C7H17NO5/c1-2-3-4-5-6-7-8-9-10-11-12-13-14-15-16-17-18-19-20-21-22(23)24;1-8-2-4(10)6(12)7(13)5(11)3-9/h3-4,6-7,9-10,12-13,15-16,18-19H,2,5,8,11,14,17,20-21H2,1H3,(H,23,24);4-13H,2-3H2,1H3/p+1/b4-3-,7-6-,10-9-,13-12-,16-15-,19-18-;/t;4-,5+,6+,7+/m.0/s1. The van der Waals surface area contributed by atoms with Crippen LogP contribution in [0.15, 0.2) is 72.9 Å². The Balaban J connectivity index is 0. The molecule has 0 aromatic carbocycles. The van der Waals surface area contributed by atoms with Crippen molar-refractivity contribution in [2.24, 2.45) is 0 Å². The van der Waals surface area contributed by atoms with Crippen LogP contribution in [0.3, 0.4) is 0 Å². The maximum atomic E-state index is 10.3. The van der Waals surface area contributed by atoms with E-state index in [0.717, 1.165) is 38.5 Å². The first-order chi connectivity index (χ1) is 17.8. The lowest BCUT2D eigenvalue weighted by molar-refractivity contribution is -0.635. The number of quaternary nitrogens is 1. The van der Waals surface area contributed by atoms with Gasteiger partial charge < -0.3 is 36.0 Å². The highest BCUT2D eigenvalue weighted by Gasteiger charge is 2.30. The summed E-state index contributed by atoms with van der Waals surface area (Å²) in [5.41, 5.74) is 0. The Hall–Kier alpha value is -2.33. The van der Waals surface area contributed by atoms with Crippen molar-refractivity contribution in [3.8, 4) is 0 Å². The molecule has 0 radical (unpaired) electrons. The van der Waals surface area contributed by atoms with Crippen molar-refractivity contribution in [2.45, 2.75) is 82.7 Å². The number of carboxylic acid groups (broad SMARTS) is 1. The molecule has 0 spiro atoms. The van der Waals surface area contributed by atoms with Crippen molar-refractivity contribution in [1.29, 1.82) is 0 Å². The van der Waals surface area contributed by atoms with Crippen LogP contribution in [0.25, 0.3) is 0 Å². The van der Waals surface area contributed by atoms with Crippen LogP contribution in [0.1, 0.15) is 58.3 Å². The first-order valence-electron chi connectivity index (χ1n) is 13.0. The first-order valence-corrected chi connectivity index (χ1v) is 13.0. The summed E-state index contributed by atoms with van der Waals surface area (Å²) in [5, 5.41) is 55.1. The quantitative estimate of drug-likeness (QED) is 0.120. The van der Waals surface area contributed by atoms with Gasteiger partial charge in [-0.1, -0.05) is 79.8 Å². The number of rotatable bonds is 20. The van der Waals surface area contributed by atoms with Gasteiger partial charge in [0.1, 0.15) is 31.0 Å². The van der Waals surface area contributed by atoms with Gasteiger partial charge in [0.15, 0.2) is 0 Å². The smallest absolute Gasteiger partial charge is 0.303 e. The van der Waals surface area contributed by atoms with Crippen LogP contribution in [-0.2, 0) is 4.79 Å². The van der Waals surface area contributed by atoms with Gasteiger partial charge in [0.25, 0.3) is 0 Å². The monoisotopic (exact) mass is 524 g/mol. The lowest BCUT2D eigenvalue weighted by Crippen LogP contribution is -2.83. The number of allylic oxidation sites excluding steroid dienone is 12. The minimum absolute atomic E-state index is 0.210. The van der Waals surface area contributed by atoms with E-state index in [2.05, 4.69) is 67.7 Å². The van der Waals surface area contributed by atoms with Gasteiger partial charge in [-0.2, -0.15) is 0 Å². The average molecular weight is 525 g/mol. The van der Waals surface area contributed by atoms with Gasteiger partial charge in [-0.25, -0.2) is 0 Å². The fourth-order valence-electron chi connectivity index (χ4n) is 2.79. The zero-order valence-corrected chi connectivity index (χ0v) is 22.5. The highest BCUT2D eigenvalue weighted by atomic mass is 16.4. The summed E-state index contributed by atoms with van der Waals surface area (Å²) in [7, 11) is 1.70. The minimum Gasteiger partial charge on any atom is -0.481 e. The number of hydrogen-bond donors (Lipinski definition) is 7. The lowest BCUT2D eigenvalue weighted by atomic mass is 10.0. The Morgan fingerprint density at radius 3 is 1.41 bits per heavy atom. The topological polar surface area (TPSA) is 155 Å². The Morgan fingerprint density at radius 2 is 1.05 bits per heavy atom. The molecule has 0 saturated carbocycles. The number of carbonyl (C=O) groups is 1. The molecule has 0 aliphatic rings. The highest BCUT2D eigenvalue weighted by Crippen LogP contribution is 2.03. The first kappa shape index (κ1) is 36.8. The summed E-state index contributed by atoms with van der Waals surface area (Å²) < 4.78 is 0. The van der Waals surface area contributed by atoms with Crippen LogP contribution in [0, 0.1) is 0 Å². The van der Waals surface area contributed by atoms with Crippen LogP contribution >= 0.6 is 0 Å². The van der Waals surface area contributed by atoms with Gasteiger partial charge in [0.2, 0.25) is 0 Å². The predicted octanol–water partition coefficient (Wildman–Crippen LogP) is 2.16. The van der Waals surface area contributed by atoms with E-state index in [9.17, 15) is 15.0 Å². The van der Waals surface area contributed by atoms with Gasteiger partial charge >= 0.3 is 5.97 Å². The number of aliphatic hydroxyl groups excluding tert-OH is 5. The summed E-state index contributed by atoms with van der Waals surface area (Å²) >= 11 is 0. The summed E-state index contributed by atoms with van der Waals surface area (Å²) in [6.45, 7) is 1.71. The van der Waals surface area contributed by atoms with E-state index in [-0.39, 0.29) is 13.0 Å². The molecule has 8 nitrogen and oxygen atoms in total. The Morgan fingerprint density at radius 1 is 0.676 bits per heavy atom. The van der Waals surface area contributed by atoms with E-state index >= 15 is 0 Å². The molecule has 0 fully saturated rings. The third kappa shape index (κ3) is 26.5. The predicted molar refractivity (Wildman–Crippen MR) is 149 cm³/mol. The number of carboxylic acids is 1. The molecule has 0 unspecified atom stereocenters. The number of likely N-dealkylation sites (N-methyl/N-ethyl adjacent to an activating group) is 1. The largest absolute Gasteiger partial charge is 0.481 e. The van der Waals surface area contributed by atoms with Crippen LogP contribution in [0.4, 0.5) is 0 Å². The van der Waals surface area contributed by atoms with Crippen LogP contribution < -0.4 is 5.32 Å². The van der Waals surface area contributed by atoms with E-state index in [1.54, 1.807) is 12.4 Å². The fourth-order valence-corrected chi connectivity index (χ4v) is 2.79. The minimum atomic E-state index is -1.53. The molecular formula is C29H50NO7+. The zero-order valence-electron chi connectivity index (χ0n) is 22.5. The summed E-state index contributed by atoms with van der Waals surface area (Å²) in [4.78, 5) is 10.3. The molecule has 8 N–H and O–H groups in total. The van der Waals surface area contributed by atoms with Gasteiger partial charge in [0.05, 0.1) is 13.7 Å². The van der Waals surface area contributed by atoms with Gasteiger partial charge in [0, 0.05) is 6.42 Å². The van der Waals surface area contributed by atoms with E-state index in [4.69, 9.17) is 20.4 Å². The van der Waals surface area contributed by atoms with E-state index < -0.39 is 37.0 Å². The zero-order chi connectivity index (χ0) is 28.2. The van der Waals surface area contributed by atoms with Crippen molar-refractivity contribution in [1.82, 2.24) is 0 Å². The van der Waals surface area contributed by atoms with Crippen molar-refractivity contribution < 1.29 is 40.8 Å². The molecule has 0 rings (SSSR count). The van der Waals surface area contributed by atoms with Gasteiger partial charge in [-0.15, -0.1) is 0 Å². The Bertz CT molecular complexity index is 698. The number of nitrogens with two attached hydrogens (primary N) is 1. The molecule has 0 aromatic heterocycles. The Labute approximate surface area is 222 Å². The molecule has 212 valence electrons. The van der Waals surface area contributed by atoms with E-state index in [1.807, 2.05) is 12.2 Å². The Kier molecular flexibility index (Phi) is 28.1. The third-order valence-electron chi connectivity index (χ3n) is 4.92. The van der Waals surface area contributed by atoms with Crippen molar-refractivity contribution in [3.63, 3.8) is 0 Å². The van der Waals surface area contributed by atoms with Crippen LogP contribution in [0.2, 0.25) is 0 Å². The SMILES string of the molecule is CC/C=C\C/C=C\C/C=C\C/C=C\C/C=C\C/C=C\CCC(=O)O.C[NH2+]C[C@H](O)[C@@H](O)[C@H](O)[C@H](O)CO. The van der Waals surface area contributed by atoms with E-state index in [1.165, 1.54) is 0 Å². The molecule has 0 amide bonds. The number of aliphatic hydroxyl groups is 5. The molecule has 0 aliphatic heterocycles. The average Bonchev–Trinajstić information content (AvgIpc) is 2.89. The van der Waals surface area contributed by atoms with Crippen LogP contribution in [0.5, 0.6) is 0 Å². The second kappa shape index (κ2) is 28.2. The molecule has 0 aromatic rings. The van der Waals surface area contributed by atoms with E-state index in [0.29, 0.717) is 6.42 Å². The van der Waals surface area contributed by atoms with Crippen molar-refractivity contribution >= 4 is 5.97 Å². The lowest BCUT2D eigenvalue weighted by Gasteiger charge is -2.24. The third-order valence-corrected chi connectivity index (χ3v) is 4.92. The number of hydrogen-bond acceptors (Lipinski definition) is 6.